The Bertz CT molecular complexity index is 786. The van der Waals surface area contributed by atoms with Crippen molar-refractivity contribution in [1.29, 1.82) is 0 Å². The van der Waals surface area contributed by atoms with Crippen LogP contribution in [-0.2, 0) is 10.0 Å². The molecule has 3 rings (SSSR count). The molecule has 9 heteroatoms. The molecule has 0 unspecified atom stereocenters. The van der Waals surface area contributed by atoms with E-state index in [0.29, 0.717) is 43.1 Å². The molecule has 8 nitrogen and oxygen atoms in total. The number of carbonyl (C=O) groups is 1. The van der Waals surface area contributed by atoms with Crippen LogP contribution in [0.2, 0.25) is 0 Å². The molecule has 0 spiro atoms. The lowest BCUT2D eigenvalue weighted by atomic mass is 10.1. The highest BCUT2D eigenvalue weighted by Gasteiger charge is 2.28. The van der Waals surface area contributed by atoms with Gasteiger partial charge in [0.15, 0.2) is 11.5 Å². The van der Waals surface area contributed by atoms with E-state index in [4.69, 9.17) is 9.47 Å². The van der Waals surface area contributed by atoms with Crippen molar-refractivity contribution in [3.05, 3.63) is 17.7 Å². The van der Waals surface area contributed by atoms with Gasteiger partial charge in [-0.3, -0.25) is 0 Å². The van der Waals surface area contributed by atoms with Crippen molar-refractivity contribution in [3.63, 3.8) is 0 Å². The molecule has 1 saturated heterocycles. The molecule has 1 aromatic carbocycles. The van der Waals surface area contributed by atoms with Gasteiger partial charge < -0.3 is 19.7 Å². The molecule has 0 atom stereocenters. The third-order valence-corrected chi connectivity index (χ3v) is 6.67. The SMILES string of the molecule is Cc1c(NC(=O)N2CCC(NS(=O)(=O)C(C)C)CC2)ccc2c1OCO2. The van der Waals surface area contributed by atoms with Crippen LogP contribution in [0.4, 0.5) is 10.5 Å². The Kier molecular flexibility index (Phi) is 5.29. The quantitative estimate of drug-likeness (QED) is 0.829. The summed E-state index contributed by atoms with van der Waals surface area (Å²) < 4.78 is 37.4. The van der Waals surface area contributed by atoms with Crippen LogP contribution in [0.25, 0.3) is 0 Å². The lowest BCUT2D eigenvalue weighted by Crippen LogP contribution is -2.48. The molecule has 2 aliphatic heterocycles. The van der Waals surface area contributed by atoms with Crippen LogP contribution in [0.1, 0.15) is 32.3 Å². The highest BCUT2D eigenvalue weighted by molar-refractivity contribution is 7.90. The van der Waals surface area contributed by atoms with Crippen LogP contribution < -0.4 is 19.5 Å². The third kappa shape index (κ3) is 3.88. The molecule has 0 radical (unpaired) electrons. The zero-order valence-electron chi connectivity index (χ0n) is 15.2. The van der Waals surface area contributed by atoms with Gasteiger partial charge in [0.1, 0.15) is 0 Å². The van der Waals surface area contributed by atoms with E-state index in [2.05, 4.69) is 10.0 Å². The molecular formula is C17H25N3O5S. The number of anilines is 1. The van der Waals surface area contributed by atoms with Crippen molar-refractivity contribution >= 4 is 21.7 Å². The minimum atomic E-state index is -3.29. The summed E-state index contributed by atoms with van der Waals surface area (Å²) in [5.74, 6) is 1.34. The largest absolute Gasteiger partial charge is 0.454 e. The van der Waals surface area contributed by atoms with Crippen LogP contribution in [-0.4, -0.2) is 50.5 Å². The summed E-state index contributed by atoms with van der Waals surface area (Å²) in [5.41, 5.74) is 1.51. The van der Waals surface area contributed by atoms with Crippen molar-refractivity contribution in [1.82, 2.24) is 9.62 Å². The van der Waals surface area contributed by atoms with Gasteiger partial charge >= 0.3 is 6.03 Å². The molecule has 0 saturated carbocycles. The Hall–Kier alpha value is -2.00. The van der Waals surface area contributed by atoms with Gasteiger partial charge in [-0.2, -0.15) is 0 Å². The summed E-state index contributed by atoms with van der Waals surface area (Å²) in [6.07, 6.45) is 1.19. The first-order valence-corrected chi connectivity index (χ1v) is 10.3. The predicted octanol–water partition coefficient (Wildman–Crippen LogP) is 2.05. The molecule has 2 N–H and O–H groups in total. The first-order valence-electron chi connectivity index (χ1n) is 8.74. The van der Waals surface area contributed by atoms with E-state index in [1.165, 1.54) is 0 Å². The smallest absolute Gasteiger partial charge is 0.321 e. The molecule has 2 amide bonds. The Balaban J connectivity index is 1.56. The van der Waals surface area contributed by atoms with E-state index in [0.717, 1.165) is 5.56 Å². The first kappa shape index (κ1) is 18.8. The number of hydrogen-bond donors (Lipinski definition) is 2. The zero-order chi connectivity index (χ0) is 18.9. The van der Waals surface area contributed by atoms with Crippen LogP contribution in [0.3, 0.4) is 0 Å². The molecule has 2 aliphatic rings. The summed E-state index contributed by atoms with van der Waals surface area (Å²) in [7, 11) is -3.29. The first-order chi connectivity index (χ1) is 12.3. The number of urea groups is 1. The molecular weight excluding hydrogens is 358 g/mol. The Morgan fingerprint density at radius 1 is 1.23 bits per heavy atom. The van der Waals surface area contributed by atoms with Crippen molar-refractivity contribution < 1.29 is 22.7 Å². The minimum Gasteiger partial charge on any atom is -0.454 e. The fraction of sp³-hybridized carbons (Fsp3) is 0.588. The van der Waals surface area contributed by atoms with Gasteiger partial charge in [-0.25, -0.2) is 17.9 Å². The highest BCUT2D eigenvalue weighted by Crippen LogP contribution is 2.39. The number of rotatable bonds is 4. The summed E-state index contributed by atoms with van der Waals surface area (Å²) in [5, 5.41) is 2.44. The average molecular weight is 383 g/mol. The number of likely N-dealkylation sites (tertiary alicyclic amines) is 1. The number of sulfonamides is 1. The molecule has 2 heterocycles. The van der Waals surface area contributed by atoms with E-state index in [1.807, 2.05) is 6.92 Å². The van der Waals surface area contributed by atoms with Gasteiger partial charge in [0, 0.05) is 30.4 Å². The van der Waals surface area contributed by atoms with E-state index in [1.54, 1.807) is 30.9 Å². The van der Waals surface area contributed by atoms with Crippen molar-refractivity contribution in [2.45, 2.75) is 44.9 Å². The van der Waals surface area contributed by atoms with Gasteiger partial charge in [-0.1, -0.05) is 0 Å². The third-order valence-electron chi connectivity index (χ3n) is 4.76. The lowest BCUT2D eigenvalue weighted by molar-refractivity contribution is 0.173. The van der Waals surface area contributed by atoms with Crippen LogP contribution in [0.15, 0.2) is 12.1 Å². The minimum absolute atomic E-state index is 0.126. The number of hydrogen-bond acceptors (Lipinski definition) is 5. The van der Waals surface area contributed by atoms with E-state index < -0.39 is 15.3 Å². The van der Waals surface area contributed by atoms with Gasteiger partial charge in [0.25, 0.3) is 0 Å². The number of benzene rings is 1. The molecule has 0 aliphatic carbocycles. The van der Waals surface area contributed by atoms with Crippen molar-refractivity contribution in [2.75, 3.05) is 25.2 Å². The Labute approximate surface area is 153 Å². The van der Waals surface area contributed by atoms with Crippen molar-refractivity contribution in [2.24, 2.45) is 0 Å². The standard InChI is InChI=1S/C17H25N3O5S/c1-11(2)26(22,23)19-13-6-8-20(9-7-13)17(21)18-14-4-5-15-16(12(14)3)25-10-24-15/h4-5,11,13,19H,6-10H2,1-3H3,(H,18,21). The topological polar surface area (TPSA) is 97.0 Å². The molecule has 1 aromatic rings. The van der Waals surface area contributed by atoms with Crippen LogP contribution in [0.5, 0.6) is 11.5 Å². The summed E-state index contributed by atoms with van der Waals surface area (Å²) in [6.45, 7) is 6.36. The van der Waals surface area contributed by atoms with Crippen molar-refractivity contribution in [3.8, 4) is 11.5 Å². The van der Waals surface area contributed by atoms with Crippen LogP contribution >= 0.6 is 0 Å². The molecule has 144 valence electrons. The predicted molar refractivity (Wildman–Crippen MR) is 98.1 cm³/mol. The van der Waals surface area contributed by atoms with Crippen LogP contribution in [0, 0.1) is 6.92 Å². The second-order valence-electron chi connectivity index (χ2n) is 6.87. The lowest BCUT2D eigenvalue weighted by Gasteiger charge is -2.32. The van der Waals surface area contributed by atoms with Gasteiger partial charge in [-0.15, -0.1) is 0 Å². The number of amides is 2. The molecule has 0 aromatic heterocycles. The molecule has 26 heavy (non-hydrogen) atoms. The van der Waals surface area contributed by atoms with E-state index in [-0.39, 0.29) is 18.9 Å². The molecule has 0 bridgehead atoms. The van der Waals surface area contributed by atoms with Gasteiger partial charge in [-0.05, 0) is 45.7 Å². The summed E-state index contributed by atoms with van der Waals surface area (Å²) in [4.78, 5) is 14.2. The molecule has 1 fully saturated rings. The number of ether oxygens (including phenoxy) is 2. The van der Waals surface area contributed by atoms with E-state index in [9.17, 15) is 13.2 Å². The number of nitrogens with zero attached hydrogens (tertiary/aromatic N) is 1. The maximum atomic E-state index is 12.5. The normalized spacial score (nSPS) is 17.6. The zero-order valence-corrected chi connectivity index (χ0v) is 16.1. The number of nitrogens with one attached hydrogen (secondary N) is 2. The highest BCUT2D eigenvalue weighted by atomic mass is 32.2. The average Bonchev–Trinajstić information content (AvgIpc) is 3.07. The fourth-order valence-electron chi connectivity index (χ4n) is 3.01. The number of carbonyl (C=O) groups excluding carboxylic acids is 1. The van der Waals surface area contributed by atoms with Gasteiger partial charge in [0.05, 0.1) is 5.25 Å². The number of fused-ring (bicyclic) bond motifs is 1. The maximum absolute atomic E-state index is 12.5. The monoisotopic (exact) mass is 383 g/mol. The second-order valence-corrected chi connectivity index (χ2v) is 9.14. The Morgan fingerprint density at radius 2 is 1.92 bits per heavy atom. The Morgan fingerprint density at radius 3 is 2.58 bits per heavy atom. The van der Waals surface area contributed by atoms with E-state index >= 15 is 0 Å². The second kappa shape index (κ2) is 7.32. The summed E-state index contributed by atoms with van der Waals surface area (Å²) in [6, 6.07) is 3.25. The summed E-state index contributed by atoms with van der Waals surface area (Å²) >= 11 is 0. The van der Waals surface area contributed by atoms with Gasteiger partial charge in [0.2, 0.25) is 16.8 Å². The maximum Gasteiger partial charge on any atom is 0.321 e. The number of piperidine rings is 1. The fourth-order valence-corrected chi connectivity index (χ4v) is 3.98.